The fraction of sp³-hybridized carbons (Fsp3) is 0.700. The molecule has 1 saturated carbocycles. The maximum Gasteiger partial charge on any atom is 0.243 e. The van der Waals surface area contributed by atoms with Crippen LogP contribution in [0, 0.1) is 5.41 Å². The lowest BCUT2D eigenvalue weighted by atomic mass is 9.64. The van der Waals surface area contributed by atoms with Crippen LogP contribution in [0.5, 0.6) is 0 Å². The van der Waals surface area contributed by atoms with E-state index in [2.05, 4.69) is 25.7 Å². The fourth-order valence-electron chi connectivity index (χ4n) is 1.76. The van der Waals surface area contributed by atoms with Crippen molar-refractivity contribution in [3.05, 3.63) is 12.7 Å². The van der Waals surface area contributed by atoms with Crippen molar-refractivity contribution in [3.63, 3.8) is 0 Å². The highest BCUT2D eigenvalue weighted by atomic mass is 16.5. The smallest absolute Gasteiger partial charge is 0.243 e. The molecule has 13 heavy (non-hydrogen) atoms. The zero-order valence-corrected chi connectivity index (χ0v) is 8.46. The molecule has 1 aliphatic rings. The van der Waals surface area contributed by atoms with Crippen molar-refractivity contribution < 1.29 is 9.53 Å². The maximum absolute atomic E-state index is 11.0. The van der Waals surface area contributed by atoms with E-state index in [1.807, 2.05) is 0 Å². The predicted octanol–water partition coefficient (Wildman–Crippen LogP) is 1.10. The van der Waals surface area contributed by atoms with Crippen LogP contribution in [0.25, 0.3) is 0 Å². The van der Waals surface area contributed by atoms with Gasteiger partial charge in [0.05, 0.1) is 6.10 Å². The summed E-state index contributed by atoms with van der Waals surface area (Å²) in [6.07, 6.45) is 2.45. The van der Waals surface area contributed by atoms with Gasteiger partial charge in [0.2, 0.25) is 5.91 Å². The molecule has 3 heteroatoms. The molecule has 0 radical (unpaired) electrons. The summed E-state index contributed by atoms with van der Waals surface area (Å²) >= 11 is 0. The molecule has 1 fully saturated rings. The normalized spacial score (nSPS) is 30.4. The Morgan fingerprint density at radius 3 is 2.69 bits per heavy atom. The Kier molecular flexibility index (Phi) is 2.76. The third kappa shape index (κ3) is 1.75. The third-order valence-electron chi connectivity index (χ3n) is 2.96. The van der Waals surface area contributed by atoms with Gasteiger partial charge in [0, 0.05) is 18.6 Å². The zero-order chi connectivity index (χ0) is 10.1. The van der Waals surface area contributed by atoms with E-state index in [0.717, 1.165) is 6.42 Å². The summed E-state index contributed by atoms with van der Waals surface area (Å²) in [5, 5.41) is 2.88. The highest BCUT2D eigenvalue weighted by Crippen LogP contribution is 2.42. The SMILES string of the molecule is C=CC(=O)NC1CC(OC)C1(C)C. The Bertz CT molecular complexity index is 223. The number of nitrogens with one attached hydrogen (secondary N) is 1. The molecule has 0 aromatic heterocycles. The molecule has 1 rings (SSSR count). The number of methoxy groups -OCH3 is 1. The highest BCUT2D eigenvalue weighted by molar-refractivity contribution is 5.87. The van der Waals surface area contributed by atoms with E-state index < -0.39 is 0 Å². The lowest BCUT2D eigenvalue weighted by Crippen LogP contribution is -2.61. The molecule has 2 unspecified atom stereocenters. The molecule has 0 aromatic carbocycles. The van der Waals surface area contributed by atoms with E-state index in [1.54, 1.807) is 7.11 Å². The molecule has 0 aliphatic heterocycles. The van der Waals surface area contributed by atoms with Gasteiger partial charge in [-0.3, -0.25) is 4.79 Å². The van der Waals surface area contributed by atoms with Gasteiger partial charge in [-0.05, 0) is 12.5 Å². The van der Waals surface area contributed by atoms with E-state index in [1.165, 1.54) is 6.08 Å². The average Bonchev–Trinajstić information content (AvgIpc) is 2.10. The van der Waals surface area contributed by atoms with Crippen molar-refractivity contribution in [2.75, 3.05) is 7.11 Å². The maximum atomic E-state index is 11.0. The molecule has 1 N–H and O–H groups in total. The Labute approximate surface area is 79.2 Å². The molecule has 0 spiro atoms. The Morgan fingerprint density at radius 1 is 1.69 bits per heavy atom. The first-order valence-electron chi connectivity index (χ1n) is 4.48. The lowest BCUT2D eigenvalue weighted by Gasteiger charge is -2.51. The number of hydrogen-bond donors (Lipinski definition) is 1. The van der Waals surface area contributed by atoms with E-state index in [4.69, 9.17) is 4.74 Å². The zero-order valence-electron chi connectivity index (χ0n) is 8.46. The molecule has 1 aliphatic carbocycles. The van der Waals surface area contributed by atoms with Gasteiger partial charge < -0.3 is 10.1 Å². The highest BCUT2D eigenvalue weighted by Gasteiger charge is 2.48. The minimum Gasteiger partial charge on any atom is -0.381 e. The molecule has 0 heterocycles. The first-order chi connectivity index (χ1) is 6.02. The van der Waals surface area contributed by atoms with Crippen molar-refractivity contribution in [1.29, 1.82) is 0 Å². The largest absolute Gasteiger partial charge is 0.381 e. The summed E-state index contributed by atoms with van der Waals surface area (Å²) < 4.78 is 5.27. The van der Waals surface area contributed by atoms with Gasteiger partial charge in [-0.25, -0.2) is 0 Å². The predicted molar refractivity (Wildman–Crippen MR) is 51.3 cm³/mol. The van der Waals surface area contributed by atoms with Crippen molar-refractivity contribution in [1.82, 2.24) is 5.32 Å². The number of rotatable bonds is 3. The van der Waals surface area contributed by atoms with Gasteiger partial charge in [-0.2, -0.15) is 0 Å². The second-order valence-electron chi connectivity index (χ2n) is 4.05. The Hall–Kier alpha value is -0.830. The third-order valence-corrected chi connectivity index (χ3v) is 2.96. The number of amides is 1. The monoisotopic (exact) mass is 183 g/mol. The molecule has 3 nitrogen and oxygen atoms in total. The molecule has 0 bridgehead atoms. The van der Waals surface area contributed by atoms with Crippen LogP contribution in [0.2, 0.25) is 0 Å². The van der Waals surface area contributed by atoms with Gasteiger partial charge in [0.15, 0.2) is 0 Å². The second kappa shape index (κ2) is 3.50. The van der Waals surface area contributed by atoms with Crippen LogP contribution in [-0.2, 0) is 9.53 Å². The van der Waals surface area contributed by atoms with Crippen LogP contribution < -0.4 is 5.32 Å². The molecular formula is C10H17NO2. The minimum absolute atomic E-state index is 0.0351. The summed E-state index contributed by atoms with van der Waals surface area (Å²) in [5.41, 5.74) is 0.0351. The second-order valence-corrected chi connectivity index (χ2v) is 4.05. The standard InChI is InChI=1S/C10H17NO2/c1-5-9(12)11-7-6-8(13-4)10(7,2)3/h5,7-8H,1,6H2,2-4H3,(H,11,12). The summed E-state index contributed by atoms with van der Waals surface area (Å²) in [6.45, 7) is 7.61. The Morgan fingerprint density at radius 2 is 2.31 bits per heavy atom. The van der Waals surface area contributed by atoms with Crippen LogP contribution in [0.1, 0.15) is 20.3 Å². The van der Waals surface area contributed by atoms with Crippen LogP contribution in [0.4, 0.5) is 0 Å². The van der Waals surface area contributed by atoms with Crippen LogP contribution in [0.15, 0.2) is 12.7 Å². The van der Waals surface area contributed by atoms with Crippen molar-refractivity contribution in [2.24, 2.45) is 5.41 Å². The first kappa shape index (κ1) is 10.3. The van der Waals surface area contributed by atoms with Crippen molar-refractivity contribution in [2.45, 2.75) is 32.4 Å². The van der Waals surface area contributed by atoms with Crippen LogP contribution >= 0.6 is 0 Å². The van der Waals surface area contributed by atoms with Crippen molar-refractivity contribution in [3.8, 4) is 0 Å². The molecular weight excluding hydrogens is 166 g/mol. The number of carbonyl (C=O) groups is 1. The minimum atomic E-state index is -0.104. The first-order valence-corrected chi connectivity index (χ1v) is 4.48. The summed E-state index contributed by atoms with van der Waals surface area (Å²) in [7, 11) is 1.71. The van der Waals surface area contributed by atoms with E-state index in [9.17, 15) is 4.79 Å². The van der Waals surface area contributed by atoms with Gasteiger partial charge in [-0.15, -0.1) is 0 Å². The lowest BCUT2D eigenvalue weighted by molar-refractivity contribution is -0.128. The molecule has 74 valence electrons. The van der Waals surface area contributed by atoms with Crippen molar-refractivity contribution >= 4 is 5.91 Å². The average molecular weight is 183 g/mol. The van der Waals surface area contributed by atoms with Gasteiger partial charge >= 0.3 is 0 Å². The number of ether oxygens (including phenoxy) is 1. The number of carbonyl (C=O) groups excluding carboxylic acids is 1. The Balaban J connectivity index is 2.48. The van der Waals surface area contributed by atoms with Crippen LogP contribution in [0.3, 0.4) is 0 Å². The summed E-state index contributed by atoms with van der Waals surface area (Å²) in [5.74, 6) is -0.104. The molecule has 2 atom stereocenters. The number of hydrogen-bond acceptors (Lipinski definition) is 2. The quantitative estimate of drug-likeness (QED) is 0.665. The molecule has 0 saturated heterocycles. The topological polar surface area (TPSA) is 38.3 Å². The molecule has 0 aromatic rings. The fourth-order valence-corrected chi connectivity index (χ4v) is 1.76. The summed E-state index contributed by atoms with van der Waals surface area (Å²) in [6, 6.07) is 0.211. The van der Waals surface area contributed by atoms with E-state index >= 15 is 0 Å². The van der Waals surface area contributed by atoms with Gasteiger partial charge in [0.1, 0.15) is 0 Å². The van der Waals surface area contributed by atoms with Gasteiger partial charge in [-0.1, -0.05) is 20.4 Å². The summed E-state index contributed by atoms with van der Waals surface area (Å²) in [4.78, 5) is 11.0. The van der Waals surface area contributed by atoms with Crippen LogP contribution in [-0.4, -0.2) is 25.2 Å². The van der Waals surface area contributed by atoms with E-state index in [-0.39, 0.29) is 23.5 Å². The van der Waals surface area contributed by atoms with Gasteiger partial charge in [0.25, 0.3) is 0 Å². The van der Waals surface area contributed by atoms with E-state index in [0.29, 0.717) is 0 Å². The molecule has 1 amide bonds.